The second-order valence-electron chi connectivity index (χ2n) is 6.37. The van der Waals surface area contributed by atoms with Crippen LogP contribution in [0.3, 0.4) is 0 Å². The molecule has 2 nitrogen and oxygen atoms in total. The molecule has 2 heteroatoms. The van der Waals surface area contributed by atoms with Gasteiger partial charge in [0.25, 0.3) is 0 Å². The highest BCUT2D eigenvalue weighted by Gasteiger charge is 2.30. The van der Waals surface area contributed by atoms with Crippen LogP contribution in [0.5, 0.6) is 0 Å². The van der Waals surface area contributed by atoms with Gasteiger partial charge in [-0.05, 0) is 36.7 Å². The Bertz CT molecular complexity index is 413. The van der Waals surface area contributed by atoms with E-state index in [-0.39, 0.29) is 5.41 Å². The van der Waals surface area contributed by atoms with E-state index in [0.29, 0.717) is 12.4 Å². The topological polar surface area (TPSA) is 26.3 Å². The zero-order valence-electron chi connectivity index (χ0n) is 12.6. The van der Waals surface area contributed by atoms with Gasteiger partial charge in [-0.1, -0.05) is 43.7 Å². The molecule has 0 spiro atoms. The zero-order valence-corrected chi connectivity index (χ0v) is 12.6. The molecule has 0 N–H and O–H groups in total. The summed E-state index contributed by atoms with van der Waals surface area (Å²) in [6.07, 6.45) is 7.31. The first-order valence-electron chi connectivity index (χ1n) is 7.81. The van der Waals surface area contributed by atoms with Gasteiger partial charge in [0.05, 0.1) is 6.61 Å². The van der Waals surface area contributed by atoms with E-state index in [9.17, 15) is 4.79 Å². The van der Waals surface area contributed by atoms with E-state index in [1.54, 1.807) is 0 Å². The quantitative estimate of drug-likeness (QED) is 0.683. The number of hydrogen-bond acceptors (Lipinski definition) is 2. The number of ether oxygens (including phenoxy) is 1. The van der Waals surface area contributed by atoms with Crippen molar-refractivity contribution in [2.45, 2.75) is 58.5 Å². The molecular weight excluding hydrogens is 248 g/mol. The highest BCUT2D eigenvalue weighted by molar-refractivity contribution is 5.79. The van der Waals surface area contributed by atoms with Crippen LogP contribution >= 0.6 is 0 Å². The van der Waals surface area contributed by atoms with E-state index >= 15 is 0 Å². The minimum atomic E-state index is 0.259. The summed E-state index contributed by atoms with van der Waals surface area (Å²) in [4.78, 5) is 11.5. The minimum Gasteiger partial charge on any atom is -0.377 e. The minimum absolute atomic E-state index is 0.259. The second kappa shape index (κ2) is 7.58. The molecule has 1 saturated carbocycles. The molecule has 2 rings (SSSR count). The highest BCUT2D eigenvalue weighted by Crippen LogP contribution is 2.38. The summed E-state index contributed by atoms with van der Waals surface area (Å²) in [7, 11) is 0. The molecule has 1 aromatic carbocycles. The second-order valence-corrected chi connectivity index (χ2v) is 6.37. The Hall–Kier alpha value is -1.15. The molecule has 1 aliphatic carbocycles. The molecule has 1 atom stereocenters. The number of Topliss-reactive ketones (excluding diaryl/α,β-unsaturated/α-hetero) is 1. The van der Waals surface area contributed by atoms with Crippen LogP contribution in [-0.2, 0) is 16.1 Å². The Kier molecular flexibility index (Phi) is 5.78. The van der Waals surface area contributed by atoms with Gasteiger partial charge in [0.15, 0.2) is 0 Å². The third kappa shape index (κ3) is 5.09. The van der Waals surface area contributed by atoms with Crippen LogP contribution in [0.25, 0.3) is 0 Å². The summed E-state index contributed by atoms with van der Waals surface area (Å²) >= 11 is 0. The number of hydrogen-bond donors (Lipinski definition) is 0. The molecule has 110 valence electrons. The van der Waals surface area contributed by atoms with Crippen molar-refractivity contribution in [1.82, 2.24) is 0 Å². The summed E-state index contributed by atoms with van der Waals surface area (Å²) in [6, 6.07) is 10.3. The standard InChI is InChI=1S/C18H26O2/c1-18(12-7-10-17(19)14-18)11-5-6-13-20-15-16-8-3-2-4-9-16/h2-4,8-9H,5-7,10-15H2,1H3/t18-/m1/s1. The average Bonchev–Trinajstić information content (AvgIpc) is 2.43. The van der Waals surface area contributed by atoms with Gasteiger partial charge < -0.3 is 4.74 Å². The van der Waals surface area contributed by atoms with E-state index in [1.807, 2.05) is 18.2 Å². The first kappa shape index (κ1) is 15.2. The van der Waals surface area contributed by atoms with Crippen molar-refractivity contribution in [3.05, 3.63) is 35.9 Å². The fraction of sp³-hybridized carbons (Fsp3) is 0.611. The van der Waals surface area contributed by atoms with Gasteiger partial charge in [-0.3, -0.25) is 4.79 Å². The molecule has 0 radical (unpaired) electrons. The van der Waals surface area contributed by atoms with Crippen molar-refractivity contribution in [2.75, 3.05) is 6.61 Å². The van der Waals surface area contributed by atoms with Crippen LogP contribution in [0, 0.1) is 5.41 Å². The van der Waals surface area contributed by atoms with E-state index < -0.39 is 0 Å². The molecule has 20 heavy (non-hydrogen) atoms. The fourth-order valence-corrected chi connectivity index (χ4v) is 3.10. The van der Waals surface area contributed by atoms with Gasteiger partial charge in [0.1, 0.15) is 5.78 Å². The van der Waals surface area contributed by atoms with Crippen molar-refractivity contribution >= 4 is 5.78 Å². The normalized spacial score (nSPS) is 22.9. The first-order valence-corrected chi connectivity index (χ1v) is 7.81. The highest BCUT2D eigenvalue weighted by atomic mass is 16.5. The predicted molar refractivity (Wildman–Crippen MR) is 81.5 cm³/mol. The summed E-state index contributed by atoms with van der Waals surface area (Å²) in [5, 5.41) is 0. The lowest BCUT2D eigenvalue weighted by Crippen LogP contribution is -2.25. The van der Waals surface area contributed by atoms with Gasteiger partial charge in [0, 0.05) is 19.4 Å². The number of carbonyl (C=O) groups excluding carboxylic acids is 1. The third-order valence-corrected chi connectivity index (χ3v) is 4.29. The third-order valence-electron chi connectivity index (χ3n) is 4.29. The van der Waals surface area contributed by atoms with Gasteiger partial charge in [0.2, 0.25) is 0 Å². The van der Waals surface area contributed by atoms with Gasteiger partial charge in [-0.2, -0.15) is 0 Å². The first-order chi connectivity index (χ1) is 9.68. The predicted octanol–water partition coefficient (Wildman–Crippen LogP) is 4.52. The van der Waals surface area contributed by atoms with Gasteiger partial charge in [-0.15, -0.1) is 0 Å². The van der Waals surface area contributed by atoms with Crippen molar-refractivity contribution in [3.63, 3.8) is 0 Å². The molecule has 1 aliphatic rings. The molecular formula is C18H26O2. The van der Waals surface area contributed by atoms with Crippen LogP contribution < -0.4 is 0 Å². The molecule has 0 bridgehead atoms. The molecule has 0 saturated heterocycles. The van der Waals surface area contributed by atoms with Crippen LogP contribution in [0.1, 0.15) is 57.4 Å². The van der Waals surface area contributed by atoms with Gasteiger partial charge >= 0.3 is 0 Å². The number of rotatable bonds is 7. The SMILES string of the molecule is C[C@@]1(CCCCOCc2ccccc2)CCCC(=O)C1. The summed E-state index contributed by atoms with van der Waals surface area (Å²) in [6.45, 7) is 3.80. The molecule has 1 fully saturated rings. The zero-order chi connectivity index (χ0) is 14.3. The van der Waals surface area contributed by atoms with Crippen LogP contribution in [0.15, 0.2) is 30.3 Å². The van der Waals surface area contributed by atoms with Crippen molar-refractivity contribution in [3.8, 4) is 0 Å². The lowest BCUT2D eigenvalue weighted by Gasteiger charge is -2.32. The maximum absolute atomic E-state index is 11.5. The number of carbonyl (C=O) groups is 1. The Morgan fingerprint density at radius 2 is 2.00 bits per heavy atom. The van der Waals surface area contributed by atoms with Crippen LogP contribution in [0.2, 0.25) is 0 Å². The molecule has 0 heterocycles. The van der Waals surface area contributed by atoms with Crippen molar-refractivity contribution in [1.29, 1.82) is 0 Å². The molecule has 0 aromatic heterocycles. The fourth-order valence-electron chi connectivity index (χ4n) is 3.10. The van der Waals surface area contributed by atoms with E-state index in [0.717, 1.165) is 38.7 Å². The maximum atomic E-state index is 11.5. The Morgan fingerprint density at radius 1 is 1.20 bits per heavy atom. The molecule has 0 amide bonds. The molecule has 1 aromatic rings. The van der Waals surface area contributed by atoms with Gasteiger partial charge in [-0.25, -0.2) is 0 Å². The summed E-state index contributed by atoms with van der Waals surface area (Å²) in [5.74, 6) is 0.457. The van der Waals surface area contributed by atoms with Crippen LogP contribution in [0.4, 0.5) is 0 Å². The Balaban J connectivity index is 1.56. The lowest BCUT2D eigenvalue weighted by atomic mass is 9.72. The average molecular weight is 274 g/mol. The maximum Gasteiger partial charge on any atom is 0.133 e. The largest absolute Gasteiger partial charge is 0.377 e. The Labute approximate surface area is 122 Å². The Morgan fingerprint density at radius 3 is 2.75 bits per heavy atom. The molecule has 0 unspecified atom stereocenters. The van der Waals surface area contributed by atoms with Crippen molar-refractivity contribution in [2.24, 2.45) is 5.41 Å². The van der Waals surface area contributed by atoms with Crippen LogP contribution in [-0.4, -0.2) is 12.4 Å². The number of ketones is 1. The lowest BCUT2D eigenvalue weighted by molar-refractivity contribution is -0.123. The van der Waals surface area contributed by atoms with Crippen molar-refractivity contribution < 1.29 is 9.53 Å². The number of benzene rings is 1. The smallest absolute Gasteiger partial charge is 0.133 e. The summed E-state index contributed by atoms with van der Waals surface area (Å²) in [5.41, 5.74) is 1.49. The summed E-state index contributed by atoms with van der Waals surface area (Å²) < 4.78 is 5.70. The van der Waals surface area contributed by atoms with E-state index in [2.05, 4.69) is 19.1 Å². The van der Waals surface area contributed by atoms with E-state index in [1.165, 1.54) is 18.4 Å². The monoisotopic (exact) mass is 274 g/mol. The van der Waals surface area contributed by atoms with E-state index in [4.69, 9.17) is 4.74 Å². The molecule has 0 aliphatic heterocycles. The number of unbranched alkanes of at least 4 members (excludes halogenated alkanes) is 1.